The van der Waals surface area contributed by atoms with Crippen LogP contribution in [0.15, 0.2) is 0 Å². The average molecular weight is 818 g/mol. The number of unbranched alkanes of at least 4 members (excludes halogenated alkanes) is 16. The molecule has 58 heavy (non-hydrogen) atoms. The fraction of sp³-hybridized carbons (Fsp3) is 0.942. The van der Waals surface area contributed by atoms with Crippen molar-refractivity contribution in [1.29, 1.82) is 0 Å². The van der Waals surface area contributed by atoms with Gasteiger partial charge in [-0.15, -0.1) is 0 Å². The number of hydrogen-bond acceptors (Lipinski definition) is 6. The third-order valence-electron chi connectivity index (χ3n) is 13.1. The van der Waals surface area contributed by atoms with Crippen molar-refractivity contribution >= 4 is 17.7 Å². The number of hydrogen-bond donors (Lipinski definition) is 0. The summed E-state index contributed by atoms with van der Waals surface area (Å²) in [6.07, 6.45) is 42.5. The van der Waals surface area contributed by atoms with E-state index in [0.29, 0.717) is 38.3 Å². The van der Waals surface area contributed by atoms with Crippen molar-refractivity contribution in [2.24, 2.45) is 17.8 Å². The normalized spacial score (nSPS) is 13.4. The van der Waals surface area contributed by atoms with E-state index in [0.717, 1.165) is 121 Å². The molecule has 0 saturated carbocycles. The summed E-state index contributed by atoms with van der Waals surface area (Å²) >= 11 is 0. The van der Waals surface area contributed by atoms with Crippen LogP contribution in [0.2, 0.25) is 0 Å². The molecule has 1 heterocycles. The summed E-state index contributed by atoms with van der Waals surface area (Å²) in [5, 5.41) is 0. The van der Waals surface area contributed by atoms with Gasteiger partial charge in [0.2, 0.25) is 0 Å². The van der Waals surface area contributed by atoms with E-state index in [1.165, 1.54) is 128 Å². The van der Waals surface area contributed by atoms with E-state index in [4.69, 9.17) is 9.47 Å². The molecule has 0 spiro atoms. The Morgan fingerprint density at radius 1 is 0.414 bits per heavy atom. The van der Waals surface area contributed by atoms with E-state index in [-0.39, 0.29) is 17.9 Å². The molecule has 0 N–H and O–H groups in total. The maximum absolute atomic E-state index is 13.4. The molecule has 0 aromatic carbocycles. The van der Waals surface area contributed by atoms with Gasteiger partial charge in [0.25, 0.3) is 0 Å². The van der Waals surface area contributed by atoms with Gasteiger partial charge in [-0.25, -0.2) is 0 Å². The molecule has 1 aliphatic rings. The minimum absolute atomic E-state index is 0.0259. The zero-order chi connectivity index (χ0) is 42.2. The molecule has 0 atom stereocenters. The Balaban J connectivity index is 2.24. The number of ketones is 1. The van der Waals surface area contributed by atoms with Gasteiger partial charge < -0.3 is 14.4 Å². The van der Waals surface area contributed by atoms with Gasteiger partial charge in [0.15, 0.2) is 0 Å². The van der Waals surface area contributed by atoms with Crippen LogP contribution in [0.4, 0.5) is 0 Å². The number of nitrogens with zero attached hydrogens (tertiary/aromatic N) is 1. The highest BCUT2D eigenvalue weighted by Gasteiger charge is 2.20. The Morgan fingerprint density at radius 3 is 1.16 bits per heavy atom. The van der Waals surface area contributed by atoms with Crippen molar-refractivity contribution in [3.8, 4) is 0 Å². The lowest BCUT2D eigenvalue weighted by Crippen LogP contribution is -2.25. The number of likely N-dealkylation sites (tertiary alicyclic amines) is 1. The van der Waals surface area contributed by atoms with Crippen molar-refractivity contribution in [2.75, 3.05) is 32.8 Å². The lowest BCUT2D eigenvalue weighted by Gasteiger charge is -2.19. The molecule has 0 amide bonds. The molecule has 0 bridgehead atoms. The van der Waals surface area contributed by atoms with Crippen molar-refractivity contribution < 1.29 is 23.9 Å². The predicted molar refractivity (Wildman–Crippen MR) is 247 cm³/mol. The fourth-order valence-corrected chi connectivity index (χ4v) is 9.18. The van der Waals surface area contributed by atoms with Gasteiger partial charge in [0, 0.05) is 31.7 Å². The predicted octanol–water partition coefficient (Wildman–Crippen LogP) is 15.3. The van der Waals surface area contributed by atoms with Crippen LogP contribution in [0.25, 0.3) is 0 Å². The molecule has 0 aliphatic carbocycles. The van der Waals surface area contributed by atoms with Crippen LogP contribution in [0, 0.1) is 17.8 Å². The van der Waals surface area contributed by atoms with Gasteiger partial charge in [-0.2, -0.15) is 0 Å². The summed E-state index contributed by atoms with van der Waals surface area (Å²) in [5.41, 5.74) is 0. The highest BCUT2D eigenvalue weighted by molar-refractivity contribution is 5.81. The summed E-state index contributed by atoms with van der Waals surface area (Å²) in [7, 11) is 0. The van der Waals surface area contributed by atoms with Crippen LogP contribution >= 0.6 is 0 Å². The van der Waals surface area contributed by atoms with E-state index in [1.807, 2.05) is 0 Å². The van der Waals surface area contributed by atoms with Crippen LogP contribution < -0.4 is 0 Å². The summed E-state index contributed by atoms with van der Waals surface area (Å²) in [6, 6.07) is 0. The molecule has 6 heteroatoms. The second-order valence-electron chi connectivity index (χ2n) is 18.5. The standard InChI is InChI=1S/C52H99NO5/c1-5-9-19-31-47(32-20-10-6-2)35-29-45-57-51(55)39-25-17-13-15-23-37-49(50(54)41-44-53-42-27-28-43-53)38-24-16-14-18-26-40-52(56)58-46-30-36-48(33-21-11-7-3)34-22-12-8-4/h47-49H,5-46H2,1-4H3. The Labute approximate surface area is 361 Å². The minimum Gasteiger partial charge on any atom is -0.466 e. The molecule has 0 unspecified atom stereocenters. The molecule has 0 aromatic rings. The van der Waals surface area contributed by atoms with Gasteiger partial charge in [0.1, 0.15) is 5.78 Å². The number of rotatable bonds is 44. The largest absolute Gasteiger partial charge is 0.466 e. The lowest BCUT2D eigenvalue weighted by molar-refractivity contribution is -0.144. The topological polar surface area (TPSA) is 72.9 Å². The number of carbonyl (C=O) groups excluding carboxylic acids is 3. The Hall–Kier alpha value is -1.43. The summed E-state index contributed by atoms with van der Waals surface area (Å²) in [5.74, 6) is 2.19. The van der Waals surface area contributed by atoms with Crippen molar-refractivity contribution in [3.05, 3.63) is 0 Å². The maximum Gasteiger partial charge on any atom is 0.305 e. The van der Waals surface area contributed by atoms with Crippen LogP contribution in [0.3, 0.4) is 0 Å². The smallest absolute Gasteiger partial charge is 0.305 e. The molecular weight excluding hydrogens is 719 g/mol. The quantitative estimate of drug-likeness (QED) is 0.0450. The van der Waals surface area contributed by atoms with Gasteiger partial charge in [-0.3, -0.25) is 14.4 Å². The van der Waals surface area contributed by atoms with E-state index >= 15 is 0 Å². The monoisotopic (exact) mass is 818 g/mol. The first-order valence-corrected chi connectivity index (χ1v) is 26.0. The van der Waals surface area contributed by atoms with Crippen molar-refractivity contribution in [1.82, 2.24) is 4.90 Å². The van der Waals surface area contributed by atoms with Crippen LogP contribution in [0.1, 0.15) is 265 Å². The molecule has 1 saturated heterocycles. The molecule has 6 nitrogen and oxygen atoms in total. The minimum atomic E-state index is -0.0259. The van der Waals surface area contributed by atoms with Crippen molar-refractivity contribution in [2.45, 2.75) is 265 Å². The first-order valence-electron chi connectivity index (χ1n) is 26.0. The fourth-order valence-electron chi connectivity index (χ4n) is 9.18. The highest BCUT2D eigenvalue weighted by atomic mass is 16.5. The number of esters is 2. The van der Waals surface area contributed by atoms with Crippen LogP contribution in [0.5, 0.6) is 0 Å². The highest BCUT2D eigenvalue weighted by Crippen LogP contribution is 2.25. The molecule has 0 radical (unpaired) electrons. The zero-order valence-electron chi connectivity index (χ0n) is 39.4. The SMILES string of the molecule is CCCCCC(CCCCC)CCCOC(=O)CCCCCCCC(CCCCCCCC(=O)OCCCC(CCCCC)CCCCC)C(=O)CCN1CCCC1. The molecular formula is C52H99NO5. The van der Waals surface area contributed by atoms with Gasteiger partial charge in [-0.1, -0.05) is 182 Å². The van der Waals surface area contributed by atoms with E-state index in [9.17, 15) is 14.4 Å². The van der Waals surface area contributed by atoms with E-state index < -0.39 is 0 Å². The van der Waals surface area contributed by atoms with Crippen LogP contribution in [-0.2, 0) is 23.9 Å². The number of Topliss-reactive ketones (excluding diaryl/α,β-unsaturated/α-hetero) is 1. The molecule has 1 aliphatic heterocycles. The second kappa shape index (κ2) is 40.9. The van der Waals surface area contributed by atoms with E-state index in [2.05, 4.69) is 32.6 Å². The average Bonchev–Trinajstić information content (AvgIpc) is 3.75. The number of carbonyl (C=O) groups is 3. The summed E-state index contributed by atoms with van der Waals surface area (Å²) < 4.78 is 11.2. The Bertz CT molecular complexity index is 855. The second-order valence-corrected chi connectivity index (χ2v) is 18.5. The third kappa shape index (κ3) is 33.3. The molecule has 1 fully saturated rings. The number of ether oxygens (including phenoxy) is 2. The molecule has 0 aromatic heterocycles. The molecule has 1 rings (SSSR count). The maximum atomic E-state index is 13.4. The van der Waals surface area contributed by atoms with Gasteiger partial charge in [-0.05, 0) is 89.1 Å². The van der Waals surface area contributed by atoms with Crippen molar-refractivity contribution in [3.63, 3.8) is 0 Å². The Morgan fingerprint density at radius 2 is 0.759 bits per heavy atom. The molecule has 342 valence electrons. The lowest BCUT2D eigenvalue weighted by atomic mass is 9.89. The van der Waals surface area contributed by atoms with E-state index in [1.54, 1.807) is 0 Å². The van der Waals surface area contributed by atoms with Crippen LogP contribution in [-0.4, -0.2) is 55.5 Å². The van der Waals surface area contributed by atoms with Gasteiger partial charge >= 0.3 is 11.9 Å². The van der Waals surface area contributed by atoms with Gasteiger partial charge in [0.05, 0.1) is 13.2 Å². The Kier molecular flexibility index (Phi) is 38.5. The summed E-state index contributed by atoms with van der Waals surface area (Å²) in [4.78, 5) is 40.6. The third-order valence-corrected chi connectivity index (χ3v) is 13.1. The summed E-state index contributed by atoms with van der Waals surface area (Å²) in [6.45, 7) is 13.5. The first kappa shape index (κ1) is 54.6. The zero-order valence-corrected chi connectivity index (χ0v) is 39.4. The first-order chi connectivity index (χ1) is 28.4.